The van der Waals surface area contributed by atoms with Crippen LogP contribution in [0.3, 0.4) is 0 Å². The number of ketones is 1. The standard InChI is InChI=1S/C9H16N4O2/c1-5-15-9(2,3)7(14)6-8-10-12-13(4)11-8/h5-6H2,1-4H3. The third-order valence-corrected chi connectivity index (χ3v) is 2.05. The number of aryl methyl sites for hydroxylation is 1. The minimum absolute atomic E-state index is 0.0441. The van der Waals surface area contributed by atoms with E-state index in [9.17, 15) is 4.79 Å². The molecule has 1 rings (SSSR count). The fourth-order valence-electron chi connectivity index (χ4n) is 1.19. The Morgan fingerprint density at radius 2 is 2.20 bits per heavy atom. The van der Waals surface area contributed by atoms with Crippen LogP contribution < -0.4 is 0 Å². The average Bonchev–Trinajstić information content (AvgIpc) is 2.51. The lowest BCUT2D eigenvalue weighted by atomic mass is 10.0. The predicted octanol–water partition coefficient (Wildman–Crippen LogP) is 0.137. The smallest absolute Gasteiger partial charge is 0.182 e. The molecule has 1 heterocycles. The van der Waals surface area contributed by atoms with Crippen LogP contribution >= 0.6 is 0 Å². The van der Waals surface area contributed by atoms with Gasteiger partial charge in [-0.1, -0.05) is 0 Å². The van der Waals surface area contributed by atoms with Crippen LogP contribution in [-0.4, -0.2) is 38.2 Å². The minimum Gasteiger partial charge on any atom is -0.368 e. The van der Waals surface area contributed by atoms with Gasteiger partial charge in [0.15, 0.2) is 11.6 Å². The van der Waals surface area contributed by atoms with Gasteiger partial charge >= 0.3 is 0 Å². The molecule has 15 heavy (non-hydrogen) atoms. The fraction of sp³-hybridized carbons (Fsp3) is 0.778. The number of carbonyl (C=O) groups is 1. The molecule has 0 radical (unpaired) electrons. The Labute approximate surface area is 88.6 Å². The van der Waals surface area contributed by atoms with E-state index in [0.717, 1.165) is 0 Å². The molecule has 0 aromatic carbocycles. The van der Waals surface area contributed by atoms with Crippen molar-refractivity contribution in [2.75, 3.05) is 6.61 Å². The zero-order valence-corrected chi connectivity index (χ0v) is 9.52. The van der Waals surface area contributed by atoms with Crippen molar-refractivity contribution < 1.29 is 9.53 Å². The highest BCUT2D eigenvalue weighted by Gasteiger charge is 2.28. The monoisotopic (exact) mass is 212 g/mol. The predicted molar refractivity (Wildman–Crippen MR) is 53.2 cm³/mol. The molecule has 0 fully saturated rings. The quantitative estimate of drug-likeness (QED) is 0.694. The molecule has 6 heteroatoms. The lowest BCUT2D eigenvalue weighted by Crippen LogP contribution is -2.36. The van der Waals surface area contributed by atoms with Crippen LogP contribution in [0.25, 0.3) is 0 Å². The number of hydrogen-bond acceptors (Lipinski definition) is 5. The maximum absolute atomic E-state index is 11.8. The first-order valence-electron chi connectivity index (χ1n) is 4.86. The summed E-state index contributed by atoms with van der Waals surface area (Å²) in [6, 6.07) is 0. The third-order valence-electron chi connectivity index (χ3n) is 2.05. The molecule has 0 N–H and O–H groups in total. The number of rotatable bonds is 5. The van der Waals surface area contributed by atoms with E-state index in [-0.39, 0.29) is 12.2 Å². The Kier molecular flexibility index (Phi) is 3.52. The number of tetrazole rings is 1. The van der Waals surface area contributed by atoms with Gasteiger partial charge in [0, 0.05) is 6.61 Å². The first-order chi connectivity index (χ1) is 6.95. The summed E-state index contributed by atoms with van der Waals surface area (Å²) in [7, 11) is 1.66. The van der Waals surface area contributed by atoms with Gasteiger partial charge in [-0.25, -0.2) is 0 Å². The molecule has 0 spiro atoms. The molecule has 84 valence electrons. The van der Waals surface area contributed by atoms with Crippen LogP contribution in [-0.2, 0) is 23.0 Å². The van der Waals surface area contributed by atoms with E-state index in [1.165, 1.54) is 4.80 Å². The van der Waals surface area contributed by atoms with Gasteiger partial charge in [-0.2, -0.15) is 4.80 Å². The van der Waals surface area contributed by atoms with Crippen LogP contribution in [0.15, 0.2) is 0 Å². The van der Waals surface area contributed by atoms with E-state index in [2.05, 4.69) is 15.4 Å². The number of carbonyl (C=O) groups excluding carboxylic acids is 1. The number of Topliss-reactive ketones (excluding diaryl/α,β-unsaturated/α-hetero) is 1. The van der Waals surface area contributed by atoms with E-state index in [4.69, 9.17) is 4.74 Å². The van der Waals surface area contributed by atoms with Crippen LogP contribution in [0, 0.1) is 0 Å². The van der Waals surface area contributed by atoms with Crippen molar-refractivity contribution in [1.82, 2.24) is 20.2 Å². The molecule has 0 saturated carbocycles. The molecule has 1 aromatic rings. The zero-order chi connectivity index (χ0) is 11.5. The Morgan fingerprint density at radius 3 is 2.67 bits per heavy atom. The number of ether oxygens (including phenoxy) is 1. The summed E-state index contributed by atoms with van der Waals surface area (Å²) in [5, 5.41) is 11.4. The van der Waals surface area contributed by atoms with Crippen molar-refractivity contribution in [2.24, 2.45) is 7.05 Å². The second-order valence-corrected chi connectivity index (χ2v) is 3.74. The normalized spacial score (nSPS) is 11.7. The Balaban J connectivity index is 2.63. The molecular weight excluding hydrogens is 196 g/mol. The zero-order valence-electron chi connectivity index (χ0n) is 9.52. The highest BCUT2D eigenvalue weighted by molar-refractivity contribution is 5.87. The third kappa shape index (κ3) is 3.09. The summed E-state index contributed by atoms with van der Waals surface area (Å²) in [5.74, 6) is 0.382. The van der Waals surface area contributed by atoms with Crippen LogP contribution in [0.1, 0.15) is 26.6 Å². The molecular formula is C9H16N4O2. The van der Waals surface area contributed by atoms with Gasteiger partial charge in [0.1, 0.15) is 5.60 Å². The van der Waals surface area contributed by atoms with Gasteiger partial charge in [0.2, 0.25) is 0 Å². The van der Waals surface area contributed by atoms with Crippen LogP contribution in [0.5, 0.6) is 0 Å². The molecule has 6 nitrogen and oxygen atoms in total. The molecule has 0 aliphatic carbocycles. The lowest BCUT2D eigenvalue weighted by Gasteiger charge is -2.22. The van der Waals surface area contributed by atoms with E-state index in [1.54, 1.807) is 20.9 Å². The largest absolute Gasteiger partial charge is 0.368 e. The second kappa shape index (κ2) is 4.48. The van der Waals surface area contributed by atoms with Crippen molar-refractivity contribution in [3.8, 4) is 0 Å². The molecule has 1 aromatic heterocycles. The highest BCUT2D eigenvalue weighted by Crippen LogP contribution is 2.12. The highest BCUT2D eigenvalue weighted by atomic mass is 16.5. The first kappa shape index (κ1) is 11.8. The molecule has 0 bridgehead atoms. The minimum atomic E-state index is -0.784. The van der Waals surface area contributed by atoms with E-state index in [0.29, 0.717) is 12.4 Å². The number of nitrogens with zero attached hydrogens (tertiary/aromatic N) is 4. The number of aromatic nitrogens is 4. The van der Waals surface area contributed by atoms with E-state index in [1.807, 2.05) is 6.92 Å². The maximum Gasteiger partial charge on any atom is 0.182 e. The maximum atomic E-state index is 11.8. The van der Waals surface area contributed by atoms with Gasteiger partial charge in [0.25, 0.3) is 0 Å². The van der Waals surface area contributed by atoms with Gasteiger partial charge in [-0.3, -0.25) is 4.79 Å². The molecule has 0 amide bonds. The summed E-state index contributed by atoms with van der Waals surface area (Å²) in [5.41, 5.74) is -0.784. The Bertz CT molecular complexity index is 346. The molecule has 0 saturated heterocycles. The van der Waals surface area contributed by atoms with Gasteiger partial charge < -0.3 is 4.74 Å². The molecule has 0 aliphatic rings. The molecule has 0 unspecified atom stereocenters. The fourth-order valence-corrected chi connectivity index (χ4v) is 1.19. The molecule has 0 aliphatic heterocycles. The van der Waals surface area contributed by atoms with Crippen molar-refractivity contribution in [3.05, 3.63) is 5.82 Å². The average molecular weight is 212 g/mol. The topological polar surface area (TPSA) is 69.9 Å². The lowest BCUT2D eigenvalue weighted by molar-refractivity contribution is -0.139. The van der Waals surface area contributed by atoms with Crippen molar-refractivity contribution in [3.63, 3.8) is 0 Å². The van der Waals surface area contributed by atoms with Crippen molar-refractivity contribution >= 4 is 5.78 Å². The molecule has 0 atom stereocenters. The van der Waals surface area contributed by atoms with E-state index >= 15 is 0 Å². The van der Waals surface area contributed by atoms with Crippen molar-refractivity contribution in [1.29, 1.82) is 0 Å². The van der Waals surface area contributed by atoms with E-state index < -0.39 is 5.60 Å². The van der Waals surface area contributed by atoms with Crippen molar-refractivity contribution in [2.45, 2.75) is 32.8 Å². The second-order valence-electron chi connectivity index (χ2n) is 3.74. The van der Waals surface area contributed by atoms with Crippen LogP contribution in [0.2, 0.25) is 0 Å². The number of hydrogen-bond donors (Lipinski definition) is 0. The van der Waals surface area contributed by atoms with Gasteiger partial charge in [-0.05, 0) is 26.0 Å². The SMILES string of the molecule is CCOC(C)(C)C(=O)Cc1nnn(C)n1. The van der Waals surface area contributed by atoms with Gasteiger partial charge in [-0.15, -0.1) is 10.2 Å². The summed E-state index contributed by atoms with van der Waals surface area (Å²) >= 11 is 0. The summed E-state index contributed by atoms with van der Waals surface area (Å²) in [6.45, 7) is 5.85. The van der Waals surface area contributed by atoms with Crippen LogP contribution in [0.4, 0.5) is 0 Å². The summed E-state index contributed by atoms with van der Waals surface area (Å²) < 4.78 is 5.34. The van der Waals surface area contributed by atoms with Gasteiger partial charge in [0.05, 0.1) is 13.5 Å². The Hall–Kier alpha value is -1.30. The first-order valence-corrected chi connectivity index (χ1v) is 4.86. The summed E-state index contributed by atoms with van der Waals surface area (Å²) in [4.78, 5) is 13.1. The Morgan fingerprint density at radius 1 is 1.53 bits per heavy atom. The summed E-state index contributed by atoms with van der Waals surface area (Å²) in [6.07, 6.45) is 0.154.